The van der Waals surface area contributed by atoms with Gasteiger partial charge in [0.1, 0.15) is 5.75 Å². The van der Waals surface area contributed by atoms with Gasteiger partial charge in [0.2, 0.25) is 0 Å². The van der Waals surface area contributed by atoms with E-state index in [0.717, 1.165) is 18.7 Å². The Morgan fingerprint density at radius 2 is 2.00 bits per heavy atom. The van der Waals surface area contributed by atoms with Crippen LogP contribution < -0.4 is 0 Å². The molecule has 1 aromatic rings. The molecular formula is C15H24ClNO2. The molecule has 0 fully saturated rings. The lowest BCUT2D eigenvalue weighted by molar-refractivity contribution is 0.114. The number of methoxy groups -OCH3 is 1. The number of hydrogen-bond donors (Lipinski definition) is 1. The number of aromatic hydroxyl groups is 1. The number of nitrogens with zero attached hydrogens (tertiary/aromatic N) is 1. The average Bonchev–Trinajstić information content (AvgIpc) is 2.36. The highest BCUT2D eigenvalue weighted by Crippen LogP contribution is 2.31. The van der Waals surface area contributed by atoms with E-state index < -0.39 is 0 Å². The van der Waals surface area contributed by atoms with E-state index in [1.54, 1.807) is 19.2 Å². The van der Waals surface area contributed by atoms with Crippen molar-refractivity contribution in [3.63, 3.8) is 0 Å². The average molecular weight is 286 g/mol. The van der Waals surface area contributed by atoms with Crippen LogP contribution in [0.5, 0.6) is 5.75 Å². The molecule has 108 valence electrons. The molecule has 0 saturated carbocycles. The zero-order valence-corrected chi connectivity index (χ0v) is 12.9. The molecule has 0 bridgehead atoms. The van der Waals surface area contributed by atoms with Gasteiger partial charge in [0.15, 0.2) is 0 Å². The third kappa shape index (κ3) is 5.01. The molecule has 4 heteroatoms. The zero-order chi connectivity index (χ0) is 14.4. The fourth-order valence-corrected chi connectivity index (χ4v) is 2.36. The van der Waals surface area contributed by atoms with Gasteiger partial charge in [0.05, 0.1) is 6.61 Å². The lowest BCUT2D eigenvalue weighted by Gasteiger charge is -2.31. The smallest absolute Gasteiger partial charge is 0.120 e. The molecule has 3 nitrogen and oxygen atoms in total. The summed E-state index contributed by atoms with van der Waals surface area (Å²) in [7, 11) is 1.70. The number of phenols is 1. The Balaban J connectivity index is 2.90. The van der Waals surface area contributed by atoms with Gasteiger partial charge in [-0.25, -0.2) is 0 Å². The predicted octanol–water partition coefficient (Wildman–Crippen LogP) is 3.71. The summed E-state index contributed by atoms with van der Waals surface area (Å²) < 4.78 is 5.16. The van der Waals surface area contributed by atoms with Gasteiger partial charge in [-0.05, 0) is 31.0 Å². The molecule has 1 unspecified atom stereocenters. The molecule has 0 aromatic heterocycles. The summed E-state index contributed by atoms with van der Waals surface area (Å²) in [5.41, 5.74) is 0.865. The largest absolute Gasteiger partial charge is 0.508 e. The lowest BCUT2D eigenvalue weighted by Crippen LogP contribution is -2.33. The zero-order valence-electron chi connectivity index (χ0n) is 12.2. The summed E-state index contributed by atoms with van der Waals surface area (Å²) in [6, 6.07) is 5.30. The molecule has 0 heterocycles. The van der Waals surface area contributed by atoms with Crippen LogP contribution in [0, 0.1) is 5.92 Å². The quantitative estimate of drug-likeness (QED) is 0.829. The molecule has 1 atom stereocenters. The SMILES string of the molecule is COCCN(CC(C)C)C(C)c1cc(Cl)ccc1O. The number of halogens is 1. The second kappa shape index (κ2) is 7.73. The van der Waals surface area contributed by atoms with E-state index in [2.05, 4.69) is 25.7 Å². The number of phenolic OH excluding ortho intramolecular Hbond substituents is 1. The normalized spacial score (nSPS) is 13.2. The van der Waals surface area contributed by atoms with E-state index in [1.165, 1.54) is 0 Å². The van der Waals surface area contributed by atoms with Crippen LogP contribution in [-0.4, -0.2) is 36.8 Å². The minimum Gasteiger partial charge on any atom is -0.508 e. The fraction of sp³-hybridized carbons (Fsp3) is 0.600. The topological polar surface area (TPSA) is 32.7 Å². The first-order valence-corrected chi connectivity index (χ1v) is 7.05. The number of benzene rings is 1. The van der Waals surface area contributed by atoms with E-state index in [-0.39, 0.29) is 6.04 Å². The maximum absolute atomic E-state index is 10.00. The van der Waals surface area contributed by atoms with Crippen molar-refractivity contribution in [2.45, 2.75) is 26.8 Å². The van der Waals surface area contributed by atoms with Crippen LogP contribution in [0.25, 0.3) is 0 Å². The second-order valence-corrected chi connectivity index (χ2v) is 5.70. The van der Waals surface area contributed by atoms with Crippen LogP contribution >= 0.6 is 11.6 Å². The summed E-state index contributed by atoms with van der Waals surface area (Å²) in [6.45, 7) is 8.93. The molecular weight excluding hydrogens is 262 g/mol. The van der Waals surface area contributed by atoms with Crippen molar-refractivity contribution in [1.82, 2.24) is 4.90 Å². The number of rotatable bonds is 7. The minimum absolute atomic E-state index is 0.108. The van der Waals surface area contributed by atoms with Crippen LogP contribution in [0.4, 0.5) is 0 Å². The highest BCUT2D eigenvalue weighted by Gasteiger charge is 2.19. The first-order valence-electron chi connectivity index (χ1n) is 6.67. The standard InChI is InChI=1S/C15H24ClNO2/c1-11(2)10-17(7-8-19-4)12(3)14-9-13(16)5-6-15(14)18/h5-6,9,11-12,18H,7-8,10H2,1-4H3. The van der Waals surface area contributed by atoms with E-state index in [0.29, 0.717) is 23.3 Å². The van der Waals surface area contributed by atoms with Gasteiger partial charge < -0.3 is 9.84 Å². The van der Waals surface area contributed by atoms with Crippen molar-refractivity contribution in [2.24, 2.45) is 5.92 Å². The molecule has 0 spiro atoms. The van der Waals surface area contributed by atoms with E-state index in [4.69, 9.17) is 16.3 Å². The Bertz CT molecular complexity index is 396. The molecule has 1 aromatic carbocycles. The van der Waals surface area contributed by atoms with E-state index >= 15 is 0 Å². The van der Waals surface area contributed by atoms with Crippen molar-refractivity contribution in [3.05, 3.63) is 28.8 Å². The summed E-state index contributed by atoms with van der Waals surface area (Å²) in [6.07, 6.45) is 0. The summed E-state index contributed by atoms with van der Waals surface area (Å²) >= 11 is 6.02. The summed E-state index contributed by atoms with van der Waals surface area (Å²) in [5, 5.41) is 10.6. The molecule has 0 aliphatic carbocycles. The predicted molar refractivity (Wildman–Crippen MR) is 79.8 cm³/mol. The molecule has 0 radical (unpaired) electrons. The lowest BCUT2D eigenvalue weighted by atomic mass is 10.0. The van der Waals surface area contributed by atoms with Crippen molar-refractivity contribution < 1.29 is 9.84 Å². The van der Waals surface area contributed by atoms with Gasteiger partial charge in [-0.1, -0.05) is 25.4 Å². The van der Waals surface area contributed by atoms with Gasteiger partial charge in [0.25, 0.3) is 0 Å². The second-order valence-electron chi connectivity index (χ2n) is 5.26. The van der Waals surface area contributed by atoms with E-state index in [9.17, 15) is 5.11 Å². The first-order chi connectivity index (χ1) is 8.95. The first kappa shape index (κ1) is 16.3. The van der Waals surface area contributed by atoms with Crippen molar-refractivity contribution >= 4 is 11.6 Å². The molecule has 19 heavy (non-hydrogen) atoms. The van der Waals surface area contributed by atoms with Crippen LogP contribution in [0.15, 0.2) is 18.2 Å². The summed E-state index contributed by atoms with van der Waals surface area (Å²) in [5.74, 6) is 0.851. The Kier molecular flexibility index (Phi) is 6.63. The van der Waals surface area contributed by atoms with Crippen molar-refractivity contribution in [3.8, 4) is 5.75 Å². The van der Waals surface area contributed by atoms with Crippen molar-refractivity contribution in [1.29, 1.82) is 0 Å². The molecule has 1 N–H and O–H groups in total. The fourth-order valence-electron chi connectivity index (χ4n) is 2.18. The molecule has 0 amide bonds. The van der Waals surface area contributed by atoms with E-state index in [1.807, 2.05) is 6.07 Å². The molecule has 0 aliphatic rings. The highest BCUT2D eigenvalue weighted by molar-refractivity contribution is 6.30. The van der Waals surface area contributed by atoms with Crippen LogP contribution in [0.1, 0.15) is 32.4 Å². The van der Waals surface area contributed by atoms with Gasteiger partial charge >= 0.3 is 0 Å². The van der Waals surface area contributed by atoms with Crippen molar-refractivity contribution in [2.75, 3.05) is 26.8 Å². The van der Waals surface area contributed by atoms with Crippen LogP contribution in [0.3, 0.4) is 0 Å². The monoisotopic (exact) mass is 285 g/mol. The Hall–Kier alpha value is -0.770. The third-order valence-electron chi connectivity index (χ3n) is 3.17. The Morgan fingerprint density at radius 1 is 1.32 bits per heavy atom. The van der Waals surface area contributed by atoms with Gasteiger partial charge in [-0.15, -0.1) is 0 Å². The van der Waals surface area contributed by atoms with Gasteiger partial charge in [0, 0.05) is 36.8 Å². The minimum atomic E-state index is 0.108. The maximum Gasteiger partial charge on any atom is 0.120 e. The van der Waals surface area contributed by atoms with Crippen LogP contribution in [0.2, 0.25) is 5.02 Å². The van der Waals surface area contributed by atoms with Gasteiger partial charge in [-0.2, -0.15) is 0 Å². The Morgan fingerprint density at radius 3 is 2.58 bits per heavy atom. The molecule has 0 saturated heterocycles. The van der Waals surface area contributed by atoms with Crippen LogP contribution in [-0.2, 0) is 4.74 Å². The Labute approximate surface area is 121 Å². The molecule has 1 rings (SSSR count). The third-order valence-corrected chi connectivity index (χ3v) is 3.40. The highest BCUT2D eigenvalue weighted by atomic mass is 35.5. The number of hydrogen-bond acceptors (Lipinski definition) is 3. The maximum atomic E-state index is 10.00. The number of ether oxygens (including phenoxy) is 1. The summed E-state index contributed by atoms with van der Waals surface area (Å²) in [4.78, 5) is 2.31. The van der Waals surface area contributed by atoms with Gasteiger partial charge in [-0.3, -0.25) is 4.90 Å². The molecule has 0 aliphatic heterocycles.